The van der Waals surface area contributed by atoms with E-state index >= 15 is 0 Å². The maximum absolute atomic E-state index is 11.6. The number of rotatable bonds is 5. The summed E-state index contributed by atoms with van der Waals surface area (Å²) in [5.41, 5.74) is 17.6. The first-order valence-electron chi connectivity index (χ1n) is 16.4. The van der Waals surface area contributed by atoms with Gasteiger partial charge in [-0.15, -0.1) is 0 Å². The van der Waals surface area contributed by atoms with E-state index < -0.39 is 0 Å². The molecule has 2 N–H and O–H groups in total. The maximum atomic E-state index is 11.6. The molecule has 5 heterocycles. The number of aromatic amines is 2. The molecule has 0 spiro atoms. The molecule has 0 radical (unpaired) electrons. The molecular formula is C44H34N4O. The average molecular weight is 635 g/mol. The Morgan fingerprint density at radius 2 is 0.796 bits per heavy atom. The van der Waals surface area contributed by atoms with Crippen molar-refractivity contribution in [2.75, 3.05) is 0 Å². The van der Waals surface area contributed by atoms with E-state index in [1.807, 2.05) is 12.2 Å². The SMILES string of the molecule is Cc1ccc(-c2c3nc(c(-c4ccc(C)cc4)c4ccc([nH]4)c(-c4ccc(C)cc4)c4nc(c(/C=C/C=O)c5ccc2[nH]5)C=C4)C=C3)cc1. The van der Waals surface area contributed by atoms with Crippen molar-refractivity contribution in [3.05, 3.63) is 148 Å². The molecule has 0 saturated carbocycles. The molecular weight excluding hydrogens is 601 g/mol. The molecule has 8 rings (SSSR count). The van der Waals surface area contributed by atoms with E-state index in [9.17, 15) is 4.79 Å². The van der Waals surface area contributed by atoms with Crippen LogP contribution in [0.25, 0.3) is 85.8 Å². The Morgan fingerprint density at radius 1 is 0.449 bits per heavy atom. The summed E-state index contributed by atoms with van der Waals surface area (Å²) in [7, 11) is 0. The number of nitrogens with zero attached hydrogens (tertiary/aromatic N) is 2. The van der Waals surface area contributed by atoms with Gasteiger partial charge in [0.2, 0.25) is 0 Å². The Hall–Kier alpha value is -6.33. The molecule has 236 valence electrons. The number of benzene rings is 3. The lowest BCUT2D eigenvalue weighted by molar-refractivity contribution is -0.104. The number of allylic oxidation sites excluding steroid dienone is 1. The summed E-state index contributed by atoms with van der Waals surface area (Å²) in [6.07, 6.45) is 12.4. The second-order valence-corrected chi connectivity index (χ2v) is 12.6. The predicted molar refractivity (Wildman–Crippen MR) is 204 cm³/mol. The van der Waals surface area contributed by atoms with Crippen LogP contribution < -0.4 is 0 Å². The van der Waals surface area contributed by atoms with Gasteiger partial charge in [0.1, 0.15) is 6.29 Å². The summed E-state index contributed by atoms with van der Waals surface area (Å²) in [4.78, 5) is 29.6. The largest absolute Gasteiger partial charge is 0.354 e. The molecule has 5 heteroatoms. The third kappa shape index (κ3) is 5.66. The van der Waals surface area contributed by atoms with Gasteiger partial charge in [0, 0.05) is 44.3 Å². The summed E-state index contributed by atoms with van der Waals surface area (Å²) in [5, 5.41) is 0. The van der Waals surface area contributed by atoms with E-state index in [2.05, 4.69) is 146 Å². The highest BCUT2D eigenvalue weighted by molar-refractivity contribution is 5.98. The number of aryl methyl sites for hydroxylation is 3. The van der Waals surface area contributed by atoms with Gasteiger partial charge < -0.3 is 9.97 Å². The molecule has 0 amide bonds. The highest BCUT2D eigenvalue weighted by atomic mass is 16.1. The molecule has 8 bridgehead atoms. The molecule has 0 fully saturated rings. The Kier molecular flexibility index (Phi) is 7.58. The third-order valence-electron chi connectivity index (χ3n) is 9.16. The molecule has 49 heavy (non-hydrogen) atoms. The first-order chi connectivity index (χ1) is 23.9. The average Bonchev–Trinajstić information content (AvgIpc) is 3.94. The fraction of sp³-hybridized carbons (Fsp3) is 0.0682. The lowest BCUT2D eigenvalue weighted by Crippen LogP contribution is -1.89. The van der Waals surface area contributed by atoms with Crippen LogP contribution in [0.5, 0.6) is 0 Å². The fourth-order valence-corrected chi connectivity index (χ4v) is 6.61. The second kappa shape index (κ2) is 12.4. The van der Waals surface area contributed by atoms with E-state index in [0.29, 0.717) is 0 Å². The maximum Gasteiger partial charge on any atom is 0.142 e. The summed E-state index contributed by atoms with van der Waals surface area (Å²) in [6, 6.07) is 34.1. The predicted octanol–water partition coefficient (Wildman–Crippen LogP) is 10.8. The number of H-pyrrole nitrogens is 2. The molecule has 2 aliphatic heterocycles. The Morgan fingerprint density at radius 3 is 1.20 bits per heavy atom. The summed E-state index contributed by atoms with van der Waals surface area (Å²) in [5.74, 6) is 0. The summed E-state index contributed by atoms with van der Waals surface area (Å²) < 4.78 is 0. The van der Waals surface area contributed by atoms with E-state index in [1.165, 1.54) is 22.8 Å². The first kappa shape index (κ1) is 30.0. The zero-order chi connectivity index (χ0) is 33.5. The zero-order valence-electron chi connectivity index (χ0n) is 27.6. The molecule has 0 atom stereocenters. The Labute approximate surface area is 285 Å². The fourth-order valence-electron chi connectivity index (χ4n) is 6.61. The first-order valence-corrected chi connectivity index (χ1v) is 16.4. The van der Waals surface area contributed by atoms with Crippen molar-refractivity contribution >= 4 is 58.7 Å². The lowest BCUT2D eigenvalue weighted by atomic mass is 10.0. The summed E-state index contributed by atoms with van der Waals surface area (Å²) in [6.45, 7) is 6.29. The van der Waals surface area contributed by atoms with Gasteiger partial charge >= 0.3 is 0 Å². The number of hydrogen-bond acceptors (Lipinski definition) is 3. The molecule has 3 aromatic carbocycles. The van der Waals surface area contributed by atoms with Crippen molar-refractivity contribution in [3.63, 3.8) is 0 Å². The van der Waals surface area contributed by atoms with Gasteiger partial charge in [0.15, 0.2) is 0 Å². The Bertz CT molecular complexity index is 2460. The Balaban J connectivity index is 1.56. The smallest absolute Gasteiger partial charge is 0.142 e. The van der Waals surface area contributed by atoms with Gasteiger partial charge in [-0.2, -0.15) is 0 Å². The van der Waals surface area contributed by atoms with Crippen molar-refractivity contribution in [2.45, 2.75) is 20.8 Å². The molecule has 5 nitrogen and oxygen atoms in total. The third-order valence-corrected chi connectivity index (χ3v) is 9.16. The molecule has 3 aromatic heterocycles. The minimum absolute atomic E-state index is 0.766. The number of hydrogen-bond donors (Lipinski definition) is 2. The van der Waals surface area contributed by atoms with Gasteiger partial charge in [0.25, 0.3) is 0 Å². The number of aldehydes is 1. The quantitative estimate of drug-likeness (QED) is 0.146. The highest BCUT2D eigenvalue weighted by Gasteiger charge is 2.18. The molecule has 0 saturated heterocycles. The van der Waals surface area contributed by atoms with Gasteiger partial charge in [-0.25, -0.2) is 9.97 Å². The number of carbonyl (C=O) groups is 1. The van der Waals surface area contributed by atoms with Crippen LogP contribution in [-0.2, 0) is 4.79 Å². The van der Waals surface area contributed by atoms with Crippen LogP contribution in [0.2, 0.25) is 0 Å². The number of aromatic nitrogens is 4. The van der Waals surface area contributed by atoms with E-state index in [0.717, 1.165) is 90.1 Å². The lowest BCUT2D eigenvalue weighted by Gasteiger charge is -2.07. The molecule has 0 aliphatic carbocycles. The van der Waals surface area contributed by atoms with E-state index in [4.69, 9.17) is 9.97 Å². The molecule has 2 aliphatic rings. The van der Waals surface area contributed by atoms with Gasteiger partial charge in [-0.05, 0) is 98.2 Å². The van der Waals surface area contributed by atoms with Crippen molar-refractivity contribution in [1.82, 2.24) is 19.9 Å². The van der Waals surface area contributed by atoms with Crippen molar-refractivity contribution in [3.8, 4) is 33.4 Å². The van der Waals surface area contributed by atoms with Crippen LogP contribution in [0.3, 0.4) is 0 Å². The van der Waals surface area contributed by atoms with Crippen molar-refractivity contribution in [1.29, 1.82) is 0 Å². The topological polar surface area (TPSA) is 74.4 Å². The number of nitrogens with one attached hydrogen (secondary N) is 2. The minimum atomic E-state index is 0.766. The molecule has 6 aromatic rings. The normalized spacial score (nSPS) is 12.2. The standard InChI is InChI=1S/C44H34N4O/c1-27-6-12-30(13-7-27)42-36-20-18-34(45-36)33(5-4-26-49)35-19-21-37(46-35)43(31-14-8-28(2)9-15-31)39-23-25-41(48-39)44(40-24-22-38(42)47-40)32-16-10-29(3)11-17-32/h4-26,45,48H,1-3H3/b5-4+,34-33?,35-33?,42-36?,42-38?,43-37?,43-39?,44-40?,44-41?. The number of carbonyl (C=O) groups excluding carboxylic acids is 1. The second-order valence-electron chi connectivity index (χ2n) is 12.6. The van der Waals surface area contributed by atoms with Gasteiger partial charge in [-0.1, -0.05) is 89.5 Å². The van der Waals surface area contributed by atoms with Crippen molar-refractivity contribution < 1.29 is 4.79 Å². The highest BCUT2D eigenvalue weighted by Crippen LogP contribution is 2.37. The minimum Gasteiger partial charge on any atom is -0.354 e. The summed E-state index contributed by atoms with van der Waals surface area (Å²) >= 11 is 0. The van der Waals surface area contributed by atoms with Crippen LogP contribution in [0.4, 0.5) is 0 Å². The van der Waals surface area contributed by atoms with E-state index in [-0.39, 0.29) is 0 Å². The van der Waals surface area contributed by atoms with Crippen LogP contribution in [0, 0.1) is 20.8 Å². The van der Waals surface area contributed by atoms with E-state index in [1.54, 1.807) is 0 Å². The van der Waals surface area contributed by atoms with Crippen LogP contribution in [0.15, 0.2) is 103 Å². The molecule has 0 unspecified atom stereocenters. The monoisotopic (exact) mass is 634 g/mol. The van der Waals surface area contributed by atoms with Crippen molar-refractivity contribution in [2.24, 2.45) is 0 Å². The van der Waals surface area contributed by atoms with Crippen LogP contribution >= 0.6 is 0 Å². The van der Waals surface area contributed by atoms with Gasteiger partial charge in [-0.3, -0.25) is 4.79 Å². The van der Waals surface area contributed by atoms with Gasteiger partial charge in [0.05, 0.1) is 22.8 Å². The van der Waals surface area contributed by atoms with Crippen LogP contribution in [-0.4, -0.2) is 26.2 Å². The van der Waals surface area contributed by atoms with Crippen LogP contribution in [0.1, 0.15) is 45.0 Å². The zero-order valence-corrected chi connectivity index (χ0v) is 27.6. The number of fused-ring (bicyclic) bond motifs is 8.